The van der Waals surface area contributed by atoms with Crippen molar-refractivity contribution in [1.82, 2.24) is 0 Å². The third-order valence-electron chi connectivity index (χ3n) is 6.79. The zero-order chi connectivity index (χ0) is 22.8. The molecule has 0 saturated heterocycles. The zero-order valence-electron chi connectivity index (χ0n) is 20.2. The SMILES string of the molecule is CCCCCCCCCCc1ccccc1-c1ccccc1C(C)(C)c1ccccc1O. The quantitative estimate of drug-likeness (QED) is 0.285. The van der Waals surface area contributed by atoms with Gasteiger partial charge in [-0.2, -0.15) is 0 Å². The smallest absolute Gasteiger partial charge is 0.119 e. The standard InChI is InChI=1S/C31H40O/c1-4-5-6-7-8-9-10-11-18-25-19-12-13-20-26(25)27-21-14-15-22-28(27)31(2,3)29-23-16-17-24-30(29)32/h12-17,19-24,32H,4-11,18H2,1-3H3. The summed E-state index contributed by atoms with van der Waals surface area (Å²) >= 11 is 0. The highest BCUT2D eigenvalue weighted by molar-refractivity contribution is 5.73. The number of aryl methyl sites for hydroxylation is 1. The fourth-order valence-corrected chi connectivity index (χ4v) is 4.86. The van der Waals surface area contributed by atoms with Crippen LogP contribution in [0.15, 0.2) is 72.8 Å². The zero-order valence-corrected chi connectivity index (χ0v) is 20.2. The first-order valence-electron chi connectivity index (χ1n) is 12.5. The molecule has 0 spiro atoms. The molecule has 1 N–H and O–H groups in total. The van der Waals surface area contributed by atoms with Gasteiger partial charge in [0, 0.05) is 11.0 Å². The van der Waals surface area contributed by atoms with E-state index in [4.69, 9.17) is 0 Å². The van der Waals surface area contributed by atoms with E-state index in [0.717, 1.165) is 12.0 Å². The maximum atomic E-state index is 10.6. The third kappa shape index (κ3) is 6.03. The van der Waals surface area contributed by atoms with E-state index in [1.165, 1.54) is 73.6 Å². The van der Waals surface area contributed by atoms with Crippen LogP contribution in [0.4, 0.5) is 0 Å². The molecule has 3 aromatic rings. The Bertz CT molecular complexity index is 969. The first-order chi connectivity index (χ1) is 15.6. The van der Waals surface area contributed by atoms with Crippen LogP contribution < -0.4 is 0 Å². The van der Waals surface area contributed by atoms with Crippen molar-refractivity contribution in [3.63, 3.8) is 0 Å². The lowest BCUT2D eigenvalue weighted by Gasteiger charge is -2.30. The molecule has 0 aliphatic rings. The molecule has 3 rings (SSSR count). The molecule has 1 heteroatoms. The predicted molar refractivity (Wildman–Crippen MR) is 138 cm³/mol. The van der Waals surface area contributed by atoms with Gasteiger partial charge < -0.3 is 5.11 Å². The van der Waals surface area contributed by atoms with E-state index in [0.29, 0.717) is 5.75 Å². The van der Waals surface area contributed by atoms with Gasteiger partial charge in [-0.05, 0) is 41.2 Å². The second-order valence-electron chi connectivity index (χ2n) is 9.57. The van der Waals surface area contributed by atoms with Crippen LogP contribution in [0.3, 0.4) is 0 Å². The Morgan fingerprint density at radius 3 is 1.81 bits per heavy atom. The summed E-state index contributed by atoms with van der Waals surface area (Å²) in [6.07, 6.45) is 11.9. The minimum atomic E-state index is -0.298. The van der Waals surface area contributed by atoms with E-state index in [9.17, 15) is 5.11 Å². The van der Waals surface area contributed by atoms with Gasteiger partial charge in [0.15, 0.2) is 0 Å². The number of phenols is 1. The van der Waals surface area contributed by atoms with Crippen LogP contribution in [0.5, 0.6) is 5.75 Å². The van der Waals surface area contributed by atoms with E-state index >= 15 is 0 Å². The molecule has 0 amide bonds. The minimum absolute atomic E-state index is 0.298. The van der Waals surface area contributed by atoms with Crippen molar-refractivity contribution in [1.29, 1.82) is 0 Å². The number of rotatable bonds is 12. The van der Waals surface area contributed by atoms with E-state index in [1.54, 1.807) is 6.07 Å². The number of benzene rings is 3. The topological polar surface area (TPSA) is 20.2 Å². The van der Waals surface area contributed by atoms with Crippen molar-refractivity contribution in [2.24, 2.45) is 0 Å². The van der Waals surface area contributed by atoms with Crippen molar-refractivity contribution >= 4 is 0 Å². The van der Waals surface area contributed by atoms with Gasteiger partial charge in [0.1, 0.15) is 5.75 Å². The molecule has 170 valence electrons. The number of unbranched alkanes of at least 4 members (excludes halogenated alkanes) is 7. The molecule has 0 bridgehead atoms. The van der Waals surface area contributed by atoms with Crippen LogP contribution in [0.25, 0.3) is 11.1 Å². The summed E-state index contributed by atoms with van der Waals surface area (Å²) < 4.78 is 0. The molecule has 0 aromatic heterocycles. The van der Waals surface area contributed by atoms with Crippen molar-refractivity contribution in [3.8, 4) is 16.9 Å². The lowest BCUT2D eigenvalue weighted by atomic mass is 9.74. The van der Waals surface area contributed by atoms with Crippen LogP contribution in [0.1, 0.15) is 88.8 Å². The number of hydrogen-bond acceptors (Lipinski definition) is 1. The van der Waals surface area contributed by atoms with Crippen molar-refractivity contribution < 1.29 is 5.11 Å². The summed E-state index contributed by atoms with van der Waals surface area (Å²) in [7, 11) is 0. The van der Waals surface area contributed by atoms with Crippen molar-refractivity contribution in [3.05, 3.63) is 89.5 Å². The molecule has 3 aromatic carbocycles. The predicted octanol–water partition coefficient (Wildman–Crippen LogP) is 9.07. The first-order valence-corrected chi connectivity index (χ1v) is 12.5. The average molecular weight is 429 g/mol. The van der Waals surface area contributed by atoms with Crippen molar-refractivity contribution in [2.45, 2.75) is 84.0 Å². The summed E-state index contributed by atoms with van der Waals surface area (Å²) in [5, 5.41) is 10.6. The van der Waals surface area contributed by atoms with Gasteiger partial charge in [-0.15, -0.1) is 0 Å². The largest absolute Gasteiger partial charge is 0.508 e. The van der Waals surface area contributed by atoms with Crippen LogP contribution in [0, 0.1) is 0 Å². The second kappa shape index (κ2) is 11.9. The maximum absolute atomic E-state index is 10.6. The van der Waals surface area contributed by atoms with E-state index in [1.807, 2.05) is 18.2 Å². The van der Waals surface area contributed by atoms with Gasteiger partial charge in [0.25, 0.3) is 0 Å². The van der Waals surface area contributed by atoms with Gasteiger partial charge in [-0.3, -0.25) is 0 Å². The summed E-state index contributed by atoms with van der Waals surface area (Å²) in [6.45, 7) is 6.70. The van der Waals surface area contributed by atoms with E-state index < -0.39 is 0 Å². The summed E-state index contributed by atoms with van der Waals surface area (Å²) in [5.74, 6) is 0.361. The first kappa shape index (κ1) is 24.1. The number of hydrogen-bond donors (Lipinski definition) is 1. The Morgan fingerprint density at radius 2 is 1.12 bits per heavy atom. The lowest BCUT2D eigenvalue weighted by Crippen LogP contribution is -2.20. The maximum Gasteiger partial charge on any atom is 0.119 e. The fraction of sp³-hybridized carbons (Fsp3) is 0.419. The van der Waals surface area contributed by atoms with Gasteiger partial charge >= 0.3 is 0 Å². The van der Waals surface area contributed by atoms with E-state index in [2.05, 4.69) is 69.3 Å². The van der Waals surface area contributed by atoms with Gasteiger partial charge in [0.05, 0.1) is 0 Å². The molecule has 0 atom stereocenters. The van der Waals surface area contributed by atoms with Crippen LogP contribution in [0.2, 0.25) is 0 Å². The number of para-hydroxylation sites is 1. The Balaban J connectivity index is 1.78. The minimum Gasteiger partial charge on any atom is -0.508 e. The molecule has 1 nitrogen and oxygen atoms in total. The molecule has 0 fully saturated rings. The van der Waals surface area contributed by atoms with Gasteiger partial charge in [-0.25, -0.2) is 0 Å². The molecule has 0 saturated carbocycles. The normalized spacial score (nSPS) is 11.6. The lowest BCUT2D eigenvalue weighted by molar-refractivity contribution is 0.453. The molecular formula is C31H40O. The Morgan fingerprint density at radius 1 is 0.594 bits per heavy atom. The molecule has 32 heavy (non-hydrogen) atoms. The monoisotopic (exact) mass is 428 g/mol. The molecule has 0 radical (unpaired) electrons. The van der Waals surface area contributed by atoms with Crippen LogP contribution >= 0.6 is 0 Å². The highest BCUT2D eigenvalue weighted by Gasteiger charge is 2.28. The number of aromatic hydroxyl groups is 1. The Labute approximate surface area is 195 Å². The molecule has 0 aliphatic heterocycles. The van der Waals surface area contributed by atoms with E-state index in [-0.39, 0.29) is 5.41 Å². The summed E-state index contributed by atoms with van der Waals surface area (Å²) in [5.41, 5.74) is 5.95. The van der Waals surface area contributed by atoms with Gasteiger partial charge in [0.2, 0.25) is 0 Å². The Kier molecular flexibility index (Phi) is 8.97. The van der Waals surface area contributed by atoms with Crippen LogP contribution in [-0.2, 0) is 11.8 Å². The highest BCUT2D eigenvalue weighted by Crippen LogP contribution is 2.42. The molecular weight excluding hydrogens is 388 g/mol. The molecule has 0 heterocycles. The second-order valence-corrected chi connectivity index (χ2v) is 9.57. The summed E-state index contributed by atoms with van der Waals surface area (Å²) in [6, 6.07) is 25.3. The summed E-state index contributed by atoms with van der Waals surface area (Å²) in [4.78, 5) is 0. The average Bonchev–Trinajstić information content (AvgIpc) is 2.81. The highest BCUT2D eigenvalue weighted by atomic mass is 16.3. The molecule has 0 unspecified atom stereocenters. The number of phenolic OH excluding ortho intramolecular Hbond substituents is 1. The Hall–Kier alpha value is -2.54. The third-order valence-corrected chi connectivity index (χ3v) is 6.79. The van der Waals surface area contributed by atoms with Crippen LogP contribution in [-0.4, -0.2) is 5.11 Å². The van der Waals surface area contributed by atoms with Crippen molar-refractivity contribution in [2.75, 3.05) is 0 Å². The fourth-order valence-electron chi connectivity index (χ4n) is 4.86. The molecule has 0 aliphatic carbocycles. The van der Waals surface area contributed by atoms with Gasteiger partial charge in [-0.1, -0.05) is 132 Å².